The van der Waals surface area contributed by atoms with Crippen LogP contribution >= 0.6 is 0 Å². The Bertz CT molecular complexity index is 859. The smallest absolute Gasteiger partial charge is 0.229 e. The summed E-state index contributed by atoms with van der Waals surface area (Å²) in [5, 5.41) is 10.8. The van der Waals surface area contributed by atoms with Crippen LogP contribution in [0.5, 0.6) is 0 Å². The summed E-state index contributed by atoms with van der Waals surface area (Å²) in [4.78, 5) is 0. The molecule has 0 aromatic heterocycles. The molecule has 3 N–H and O–H groups in total. The highest BCUT2D eigenvalue weighted by Crippen LogP contribution is 2.44. The fourth-order valence-electron chi connectivity index (χ4n) is 4.09. The Labute approximate surface area is 210 Å². The maximum Gasteiger partial charge on any atom is 0.229 e. The lowest BCUT2D eigenvalue weighted by atomic mass is 9.80. The van der Waals surface area contributed by atoms with Gasteiger partial charge in [-0.05, 0) is 54.0 Å². The first kappa shape index (κ1) is 28.0. The predicted molar refractivity (Wildman–Crippen MR) is 132 cm³/mol. The number of ether oxygens (including phenoxy) is 6. The zero-order valence-electron chi connectivity index (χ0n) is 21.8. The third-order valence-corrected chi connectivity index (χ3v) is 6.22. The van der Waals surface area contributed by atoms with Gasteiger partial charge in [0.1, 0.15) is 26.3 Å². The van der Waals surface area contributed by atoms with Gasteiger partial charge in [0.25, 0.3) is 0 Å². The van der Waals surface area contributed by atoms with Gasteiger partial charge < -0.3 is 39.3 Å². The molecule has 4 unspecified atom stereocenters. The normalized spacial score (nSPS) is 27.6. The lowest BCUT2D eigenvalue weighted by Crippen LogP contribution is -2.35. The Morgan fingerprint density at radius 2 is 1.83 bits per heavy atom. The molecule has 0 amide bonds. The van der Waals surface area contributed by atoms with Crippen LogP contribution in [0.15, 0.2) is 41.9 Å². The number of nitrogens with two attached hydrogens (primary N) is 1. The van der Waals surface area contributed by atoms with Crippen molar-refractivity contribution in [3.63, 3.8) is 0 Å². The van der Waals surface area contributed by atoms with Gasteiger partial charge in [-0.2, -0.15) is 0 Å². The quantitative estimate of drug-likeness (QED) is 0.262. The van der Waals surface area contributed by atoms with Crippen LogP contribution in [0.3, 0.4) is 0 Å². The van der Waals surface area contributed by atoms with Crippen molar-refractivity contribution in [1.29, 1.82) is 0 Å². The van der Waals surface area contributed by atoms with Crippen LogP contribution in [0.25, 0.3) is 0 Å². The van der Waals surface area contributed by atoms with Gasteiger partial charge in [-0.3, -0.25) is 0 Å². The molecular formula is C26H40BNO7. The summed E-state index contributed by atoms with van der Waals surface area (Å²) < 4.78 is 36.1. The third kappa shape index (κ3) is 7.68. The van der Waals surface area contributed by atoms with Gasteiger partial charge in [0.05, 0.1) is 5.60 Å². The third-order valence-electron chi connectivity index (χ3n) is 6.22. The standard InChI is InChI=1S/C26H40BNO7/c1-17-20(33-23-21(17)34-25(4,5)35-23)19(32-22(29)18-10-8-7-9-11-18)16-31-24(2,3)13-15-30-26(6,27)12-14-28/h7-11,17,21-23,29H,12-16,28H2,1-6H3/b20-19-/t17-,21?,22?,23?,26?/m1/s1. The molecule has 3 rings (SSSR count). The molecule has 194 valence electrons. The number of benzene rings is 1. The summed E-state index contributed by atoms with van der Waals surface area (Å²) in [6.45, 7) is 12.4. The molecule has 35 heavy (non-hydrogen) atoms. The van der Waals surface area contributed by atoms with Crippen LogP contribution in [0.2, 0.25) is 0 Å². The van der Waals surface area contributed by atoms with E-state index in [2.05, 4.69) is 0 Å². The van der Waals surface area contributed by atoms with Crippen LogP contribution in [0.1, 0.15) is 66.2 Å². The van der Waals surface area contributed by atoms with E-state index in [9.17, 15) is 5.11 Å². The number of aliphatic hydroxyl groups is 1. The van der Waals surface area contributed by atoms with E-state index in [1.54, 1.807) is 12.1 Å². The first-order valence-corrected chi connectivity index (χ1v) is 12.2. The van der Waals surface area contributed by atoms with Crippen LogP contribution < -0.4 is 5.73 Å². The van der Waals surface area contributed by atoms with Crippen molar-refractivity contribution in [3.8, 4) is 0 Å². The Balaban J connectivity index is 1.71. The van der Waals surface area contributed by atoms with Gasteiger partial charge in [-0.1, -0.05) is 37.3 Å². The van der Waals surface area contributed by atoms with Crippen LogP contribution in [-0.2, 0) is 28.4 Å². The molecule has 0 aliphatic carbocycles. The minimum Gasteiger partial charge on any atom is -0.462 e. The minimum absolute atomic E-state index is 0.0854. The first-order chi connectivity index (χ1) is 16.3. The predicted octanol–water partition coefficient (Wildman–Crippen LogP) is 3.49. The number of hydrogen-bond acceptors (Lipinski definition) is 8. The maximum absolute atomic E-state index is 10.8. The van der Waals surface area contributed by atoms with Crippen molar-refractivity contribution in [3.05, 3.63) is 47.4 Å². The summed E-state index contributed by atoms with van der Waals surface area (Å²) in [7, 11) is 6.11. The van der Waals surface area contributed by atoms with E-state index in [1.165, 1.54) is 0 Å². The van der Waals surface area contributed by atoms with Crippen molar-refractivity contribution in [2.24, 2.45) is 11.7 Å². The molecule has 2 fully saturated rings. The topological polar surface area (TPSA) is 102 Å². The summed E-state index contributed by atoms with van der Waals surface area (Å²) in [5.41, 5.74) is 4.89. The monoisotopic (exact) mass is 489 g/mol. The number of fused-ring (bicyclic) bond motifs is 1. The molecule has 2 aliphatic rings. The Morgan fingerprint density at radius 1 is 1.14 bits per heavy atom. The van der Waals surface area contributed by atoms with Crippen LogP contribution in [0.4, 0.5) is 0 Å². The molecule has 1 aromatic rings. The van der Waals surface area contributed by atoms with Gasteiger partial charge in [0.15, 0.2) is 11.5 Å². The molecule has 2 saturated heterocycles. The van der Waals surface area contributed by atoms with E-state index in [0.29, 0.717) is 43.1 Å². The molecule has 2 heterocycles. The lowest BCUT2D eigenvalue weighted by Gasteiger charge is -2.31. The lowest BCUT2D eigenvalue weighted by molar-refractivity contribution is -0.189. The Morgan fingerprint density at radius 3 is 2.46 bits per heavy atom. The fourth-order valence-corrected chi connectivity index (χ4v) is 4.09. The largest absolute Gasteiger partial charge is 0.462 e. The Kier molecular flexibility index (Phi) is 8.94. The summed E-state index contributed by atoms with van der Waals surface area (Å²) in [6.07, 6.45) is -0.852. The molecule has 2 aliphatic heterocycles. The second-order valence-corrected chi connectivity index (χ2v) is 10.5. The SMILES string of the molecule is [B]C(C)(CCN)OCCC(C)(C)OC/C(OC(O)c1ccccc1)=C1/OC2OC(C)(C)OC2[C@@H]1C. The first-order valence-electron chi connectivity index (χ1n) is 12.2. The van der Waals surface area contributed by atoms with Gasteiger partial charge in [0, 0.05) is 23.6 Å². The zero-order chi connectivity index (χ0) is 25.9. The molecule has 9 heteroatoms. The second-order valence-electron chi connectivity index (χ2n) is 10.5. The van der Waals surface area contributed by atoms with Gasteiger partial charge in [0.2, 0.25) is 12.6 Å². The van der Waals surface area contributed by atoms with E-state index >= 15 is 0 Å². The average molecular weight is 489 g/mol. The maximum atomic E-state index is 10.8. The van der Waals surface area contributed by atoms with E-state index in [0.717, 1.165) is 0 Å². The van der Waals surface area contributed by atoms with Gasteiger partial charge in [-0.25, -0.2) is 0 Å². The molecule has 8 nitrogen and oxygen atoms in total. The molecular weight excluding hydrogens is 449 g/mol. The van der Waals surface area contributed by atoms with Gasteiger partial charge in [-0.15, -0.1) is 0 Å². The van der Waals surface area contributed by atoms with E-state index in [-0.39, 0.29) is 18.6 Å². The van der Waals surface area contributed by atoms with E-state index < -0.39 is 29.5 Å². The van der Waals surface area contributed by atoms with Crippen molar-refractivity contribution in [2.45, 2.75) is 90.0 Å². The molecule has 0 spiro atoms. The van der Waals surface area contributed by atoms with Crippen molar-refractivity contribution in [2.75, 3.05) is 19.8 Å². The minimum atomic E-state index is -1.18. The molecule has 1 aromatic carbocycles. The fraction of sp³-hybridized carbons (Fsp3) is 0.692. The summed E-state index contributed by atoms with van der Waals surface area (Å²) >= 11 is 0. The molecule has 5 atom stereocenters. The van der Waals surface area contributed by atoms with Crippen molar-refractivity contribution < 1.29 is 33.5 Å². The highest BCUT2D eigenvalue weighted by molar-refractivity contribution is 6.14. The highest BCUT2D eigenvalue weighted by Gasteiger charge is 2.53. The number of aliphatic hydroxyl groups excluding tert-OH is 1. The summed E-state index contributed by atoms with van der Waals surface area (Å²) in [6, 6.07) is 9.15. The molecule has 2 radical (unpaired) electrons. The molecule has 0 saturated carbocycles. The van der Waals surface area contributed by atoms with Crippen molar-refractivity contribution >= 4 is 7.85 Å². The highest BCUT2D eigenvalue weighted by atomic mass is 16.8. The summed E-state index contributed by atoms with van der Waals surface area (Å²) in [5.74, 6) is 0.0765. The van der Waals surface area contributed by atoms with E-state index in [4.69, 9.17) is 42.0 Å². The molecule has 0 bridgehead atoms. The van der Waals surface area contributed by atoms with Crippen LogP contribution in [0, 0.1) is 5.92 Å². The number of rotatable bonds is 12. The average Bonchev–Trinajstić information content (AvgIpc) is 3.23. The van der Waals surface area contributed by atoms with E-state index in [1.807, 2.05) is 59.7 Å². The zero-order valence-corrected chi connectivity index (χ0v) is 21.8. The number of hydrogen-bond donors (Lipinski definition) is 2. The second kappa shape index (κ2) is 11.2. The van der Waals surface area contributed by atoms with Crippen molar-refractivity contribution in [1.82, 2.24) is 0 Å². The Hall–Kier alpha value is -1.62. The van der Waals surface area contributed by atoms with Crippen LogP contribution in [-0.4, -0.2) is 62.0 Å². The van der Waals surface area contributed by atoms with Gasteiger partial charge >= 0.3 is 0 Å².